The second kappa shape index (κ2) is 9.52. The first-order chi connectivity index (χ1) is 16.6. The van der Waals surface area contributed by atoms with E-state index in [1.54, 1.807) is 24.1 Å². The lowest BCUT2D eigenvalue weighted by molar-refractivity contribution is 0.0953. The summed E-state index contributed by atoms with van der Waals surface area (Å²) in [5.41, 5.74) is 1.61. The van der Waals surface area contributed by atoms with Crippen LogP contribution in [0.15, 0.2) is 78.1 Å². The fourth-order valence-corrected chi connectivity index (χ4v) is 5.20. The van der Waals surface area contributed by atoms with Crippen molar-refractivity contribution in [2.45, 2.75) is 19.6 Å². The molecule has 1 amide bonds. The van der Waals surface area contributed by atoms with Gasteiger partial charge in [-0.1, -0.05) is 48.5 Å². The Balaban J connectivity index is 1.51. The molecule has 0 saturated heterocycles. The van der Waals surface area contributed by atoms with Crippen molar-refractivity contribution in [2.75, 3.05) is 6.54 Å². The van der Waals surface area contributed by atoms with Gasteiger partial charge in [-0.05, 0) is 18.1 Å². The maximum absolute atomic E-state index is 13.4. The van der Waals surface area contributed by atoms with Crippen LogP contribution < -0.4 is 15.6 Å². The number of benzene rings is 2. The Hall–Kier alpha value is -3.91. The van der Waals surface area contributed by atoms with Gasteiger partial charge in [0.2, 0.25) is 0 Å². The second-order valence-corrected chi connectivity index (χ2v) is 9.05. The van der Waals surface area contributed by atoms with E-state index < -0.39 is 0 Å². The van der Waals surface area contributed by atoms with Crippen molar-refractivity contribution < 1.29 is 9.53 Å². The zero-order chi connectivity index (χ0) is 23.5. The van der Waals surface area contributed by atoms with Gasteiger partial charge in [-0.3, -0.25) is 9.59 Å². The van der Waals surface area contributed by atoms with Crippen molar-refractivity contribution in [3.05, 3.63) is 94.1 Å². The average Bonchev–Trinajstić information content (AvgIpc) is 3.53. The predicted molar refractivity (Wildman–Crippen MR) is 135 cm³/mol. The molecule has 0 aliphatic heterocycles. The van der Waals surface area contributed by atoms with E-state index in [1.165, 1.54) is 11.3 Å². The number of thiophene rings is 1. The fraction of sp³-hybridized carbons (Fsp3) is 0.192. The lowest BCUT2D eigenvalue weighted by atomic mass is 10.1. The first-order valence-corrected chi connectivity index (χ1v) is 11.9. The number of aromatic nitrogens is 3. The minimum Gasteiger partial charge on any atom is -0.486 e. The quantitative estimate of drug-likeness (QED) is 0.341. The summed E-state index contributed by atoms with van der Waals surface area (Å²) in [6.07, 6.45) is 6.14. The number of fused-ring (bicyclic) bond motifs is 3. The fourth-order valence-electron chi connectivity index (χ4n) is 4.01. The number of imidazole rings is 1. The topological polar surface area (TPSA) is 78.1 Å². The van der Waals surface area contributed by atoms with Crippen LogP contribution >= 0.6 is 11.3 Å². The Bertz CT molecular complexity index is 1500. The van der Waals surface area contributed by atoms with E-state index in [0.29, 0.717) is 22.6 Å². The van der Waals surface area contributed by atoms with Crippen molar-refractivity contribution in [3.8, 4) is 5.75 Å². The van der Waals surface area contributed by atoms with E-state index in [2.05, 4.69) is 10.3 Å². The van der Waals surface area contributed by atoms with Crippen LogP contribution in [-0.2, 0) is 20.2 Å². The lowest BCUT2D eigenvalue weighted by Crippen LogP contribution is -2.25. The van der Waals surface area contributed by atoms with Gasteiger partial charge in [0.15, 0.2) is 5.75 Å². The number of para-hydroxylation sites is 1. The highest BCUT2D eigenvalue weighted by atomic mass is 32.1. The molecule has 0 aliphatic rings. The molecule has 5 aromatic rings. The van der Waals surface area contributed by atoms with Crippen LogP contribution in [0.3, 0.4) is 0 Å². The SMILES string of the molecule is Cn1c(=O)c2c(OCc3ccccc3)c(C(=O)NCCCn3ccnc3)sc2c2ccccc21. The molecule has 0 aliphatic carbocycles. The summed E-state index contributed by atoms with van der Waals surface area (Å²) in [7, 11) is 1.75. The van der Waals surface area contributed by atoms with Crippen molar-refractivity contribution >= 4 is 38.2 Å². The first-order valence-electron chi connectivity index (χ1n) is 11.1. The van der Waals surface area contributed by atoms with Gasteiger partial charge in [0.25, 0.3) is 11.5 Å². The second-order valence-electron chi connectivity index (χ2n) is 8.03. The molecule has 2 aromatic carbocycles. The van der Waals surface area contributed by atoms with Gasteiger partial charge in [0.05, 0.1) is 16.5 Å². The highest BCUT2D eigenvalue weighted by molar-refractivity contribution is 7.22. The number of rotatable bonds is 8. The molecule has 3 aromatic heterocycles. The average molecular weight is 473 g/mol. The van der Waals surface area contributed by atoms with E-state index in [0.717, 1.165) is 34.1 Å². The molecular formula is C26H24N4O3S. The zero-order valence-electron chi connectivity index (χ0n) is 18.7. The van der Waals surface area contributed by atoms with Crippen molar-refractivity contribution in [3.63, 3.8) is 0 Å². The van der Waals surface area contributed by atoms with Crippen molar-refractivity contribution in [2.24, 2.45) is 7.05 Å². The van der Waals surface area contributed by atoms with Crippen LogP contribution in [0, 0.1) is 0 Å². The van der Waals surface area contributed by atoms with Crippen molar-refractivity contribution in [1.82, 2.24) is 19.4 Å². The van der Waals surface area contributed by atoms with E-state index in [1.807, 2.05) is 65.4 Å². The molecule has 8 heteroatoms. The van der Waals surface area contributed by atoms with Crippen LogP contribution in [0.25, 0.3) is 21.0 Å². The Kier molecular flexibility index (Phi) is 6.14. The molecule has 0 spiro atoms. The Morgan fingerprint density at radius 1 is 1.12 bits per heavy atom. The third-order valence-electron chi connectivity index (χ3n) is 5.76. The molecule has 172 valence electrons. The molecule has 0 bridgehead atoms. The summed E-state index contributed by atoms with van der Waals surface area (Å²) in [5, 5.41) is 4.37. The molecule has 0 unspecified atom stereocenters. The molecule has 3 heterocycles. The summed E-state index contributed by atoms with van der Waals surface area (Å²) in [4.78, 5) is 31.0. The van der Waals surface area contributed by atoms with Gasteiger partial charge >= 0.3 is 0 Å². The zero-order valence-corrected chi connectivity index (χ0v) is 19.5. The molecular weight excluding hydrogens is 448 g/mol. The number of pyridine rings is 1. The monoisotopic (exact) mass is 472 g/mol. The summed E-state index contributed by atoms with van der Waals surface area (Å²) >= 11 is 1.31. The number of carbonyl (C=O) groups excluding carboxylic acids is 1. The number of hydrogen-bond acceptors (Lipinski definition) is 5. The van der Waals surface area contributed by atoms with Gasteiger partial charge in [-0.2, -0.15) is 0 Å². The molecule has 0 fully saturated rings. The lowest BCUT2D eigenvalue weighted by Gasteiger charge is -2.10. The largest absolute Gasteiger partial charge is 0.486 e. The Labute approximate surface area is 200 Å². The highest BCUT2D eigenvalue weighted by Gasteiger charge is 2.24. The molecule has 0 radical (unpaired) electrons. The van der Waals surface area contributed by atoms with E-state index in [-0.39, 0.29) is 18.1 Å². The Morgan fingerprint density at radius 2 is 1.91 bits per heavy atom. The van der Waals surface area contributed by atoms with Gasteiger partial charge in [0, 0.05) is 37.9 Å². The van der Waals surface area contributed by atoms with E-state index >= 15 is 0 Å². The third kappa shape index (κ3) is 4.20. The van der Waals surface area contributed by atoms with Crippen LogP contribution in [0.5, 0.6) is 5.75 Å². The summed E-state index contributed by atoms with van der Waals surface area (Å²) in [6, 6.07) is 17.4. The number of hydrogen-bond donors (Lipinski definition) is 1. The van der Waals surface area contributed by atoms with Gasteiger partial charge in [0.1, 0.15) is 16.9 Å². The smallest absolute Gasteiger partial charge is 0.265 e. The number of nitrogens with zero attached hydrogens (tertiary/aromatic N) is 3. The molecule has 0 atom stereocenters. The highest BCUT2D eigenvalue weighted by Crippen LogP contribution is 2.40. The maximum atomic E-state index is 13.4. The Morgan fingerprint density at radius 3 is 2.71 bits per heavy atom. The minimum atomic E-state index is -0.235. The van der Waals surface area contributed by atoms with Crippen LogP contribution in [0.1, 0.15) is 21.7 Å². The van der Waals surface area contributed by atoms with Gasteiger partial charge in [-0.15, -0.1) is 11.3 Å². The standard InChI is InChI=1S/C26H24N4O3S/c1-29-20-11-6-5-10-19(20)23-21(26(29)32)22(33-16-18-8-3-2-4-9-18)24(34-23)25(31)28-12-7-14-30-15-13-27-17-30/h2-6,8-11,13,15,17H,7,12,14,16H2,1H3,(H,28,31). The van der Waals surface area contributed by atoms with E-state index in [9.17, 15) is 9.59 Å². The number of ether oxygens (including phenoxy) is 1. The molecule has 0 saturated carbocycles. The first kappa shape index (κ1) is 21.9. The van der Waals surface area contributed by atoms with Gasteiger partial charge in [-0.25, -0.2) is 4.98 Å². The predicted octanol–water partition coefficient (Wildman–Crippen LogP) is 4.35. The number of aryl methyl sites for hydroxylation is 2. The number of nitrogens with one attached hydrogen (secondary N) is 1. The number of carbonyl (C=O) groups is 1. The third-order valence-corrected chi connectivity index (χ3v) is 6.97. The van der Waals surface area contributed by atoms with Crippen LogP contribution in [0.4, 0.5) is 0 Å². The molecule has 7 nitrogen and oxygen atoms in total. The molecule has 1 N–H and O–H groups in total. The number of amides is 1. The van der Waals surface area contributed by atoms with Gasteiger partial charge < -0.3 is 19.2 Å². The normalized spacial score (nSPS) is 11.2. The molecule has 34 heavy (non-hydrogen) atoms. The maximum Gasteiger partial charge on any atom is 0.265 e. The summed E-state index contributed by atoms with van der Waals surface area (Å²) in [5.74, 6) is 0.114. The van der Waals surface area contributed by atoms with E-state index in [4.69, 9.17) is 4.74 Å². The van der Waals surface area contributed by atoms with Crippen LogP contribution in [-0.4, -0.2) is 26.6 Å². The molecule has 5 rings (SSSR count). The summed E-state index contributed by atoms with van der Waals surface area (Å²) in [6.45, 7) is 1.53. The van der Waals surface area contributed by atoms with Crippen molar-refractivity contribution in [1.29, 1.82) is 0 Å². The summed E-state index contributed by atoms with van der Waals surface area (Å²) < 4.78 is 10.5. The minimum absolute atomic E-state index is 0.174. The van der Waals surface area contributed by atoms with Crippen LogP contribution in [0.2, 0.25) is 0 Å².